The van der Waals surface area contributed by atoms with Crippen molar-refractivity contribution < 1.29 is 14.6 Å². The Labute approximate surface area is 153 Å². The molecule has 0 fully saturated rings. The molecule has 26 heavy (non-hydrogen) atoms. The number of methoxy groups -OCH3 is 1. The van der Waals surface area contributed by atoms with Crippen LogP contribution >= 0.6 is 0 Å². The standard InChI is InChI=1S/C22H21NO3/c1-23-21(24)16-8-10-18(11-9-16)22(25,17-6-4-3-5-7-17)19-12-14-20(26-2)15-13-19/h3-15,25H,1-2H3,(H,23,24). The van der Waals surface area contributed by atoms with Crippen LogP contribution in [0.5, 0.6) is 5.75 Å². The molecule has 0 bridgehead atoms. The predicted octanol–water partition coefficient (Wildman–Crippen LogP) is 3.34. The normalized spacial score (nSPS) is 12.9. The molecule has 0 radical (unpaired) electrons. The summed E-state index contributed by atoms with van der Waals surface area (Å²) in [5, 5.41) is 14.3. The van der Waals surface area contributed by atoms with E-state index >= 15 is 0 Å². The zero-order valence-electron chi connectivity index (χ0n) is 14.8. The van der Waals surface area contributed by atoms with Gasteiger partial charge in [0, 0.05) is 12.6 Å². The molecule has 0 aromatic heterocycles. The van der Waals surface area contributed by atoms with Gasteiger partial charge in [-0.1, -0.05) is 54.6 Å². The fraction of sp³-hybridized carbons (Fsp3) is 0.136. The van der Waals surface area contributed by atoms with Gasteiger partial charge in [0.2, 0.25) is 0 Å². The maximum Gasteiger partial charge on any atom is 0.251 e. The van der Waals surface area contributed by atoms with Crippen molar-refractivity contribution in [3.05, 3.63) is 101 Å². The van der Waals surface area contributed by atoms with Crippen LogP contribution in [0.3, 0.4) is 0 Å². The van der Waals surface area contributed by atoms with Crippen molar-refractivity contribution in [1.29, 1.82) is 0 Å². The minimum Gasteiger partial charge on any atom is -0.497 e. The van der Waals surface area contributed by atoms with Crippen molar-refractivity contribution in [2.24, 2.45) is 0 Å². The molecule has 0 saturated carbocycles. The Morgan fingerprint density at radius 3 is 1.85 bits per heavy atom. The van der Waals surface area contributed by atoms with E-state index in [0.29, 0.717) is 11.1 Å². The SMILES string of the molecule is CNC(=O)c1ccc(C(O)(c2ccccc2)c2ccc(OC)cc2)cc1. The van der Waals surface area contributed by atoms with E-state index in [1.54, 1.807) is 38.4 Å². The molecular weight excluding hydrogens is 326 g/mol. The molecule has 0 saturated heterocycles. The van der Waals surface area contributed by atoms with E-state index in [1.165, 1.54) is 0 Å². The maximum atomic E-state index is 11.8. The van der Waals surface area contributed by atoms with E-state index in [2.05, 4.69) is 5.32 Å². The van der Waals surface area contributed by atoms with Crippen LogP contribution in [0.4, 0.5) is 0 Å². The van der Waals surface area contributed by atoms with Crippen LogP contribution in [-0.4, -0.2) is 25.2 Å². The van der Waals surface area contributed by atoms with Crippen molar-refractivity contribution in [2.45, 2.75) is 5.60 Å². The number of aliphatic hydroxyl groups is 1. The highest BCUT2D eigenvalue weighted by molar-refractivity contribution is 5.94. The third-order valence-corrected chi connectivity index (χ3v) is 4.49. The van der Waals surface area contributed by atoms with Crippen molar-refractivity contribution in [3.8, 4) is 5.75 Å². The second-order valence-corrected chi connectivity index (χ2v) is 5.96. The Hall–Kier alpha value is -3.11. The Morgan fingerprint density at radius 1 is 0.846 bits per heavy atom. The predicted molar refractivity (Wildman–Crippen MR) is 101 cm³/mol. The first-order chi connectivity index (χ1) is 12.6. The number of benzene rings is 3. The van der Waals surface area contributed by atoms with Gasteiger partial charge in [-0.3, -0.25) is 4.79 Å². The Kier molecular flexibility index (Phi) is 5.05. The minimum absolute atomic E-state index is 0.163. The third kappa shape index (κ3) is 3.19. The summed E-state index contributed by atoms with van der Waals surface area (Å²) < 4.78 is 5.22. The molecule has 0 aliphatic rings. The summed E-state index contributed by atoms with van der Waals surface area (Å²) >= 11 is 0. The number of nitrogens with one attached hydrogen (secondary N) is 1. The molecule has 0 aliphatic heterocycles. The van der Waals surface area contributed by atoms with Crippen LogP contribution in [0.15, 0.2) is 78.9 Å². The molecule has 0 spiro atoms. The Bertz CT molecular complexity index is 874. The monoisotopic (exact) mass is 347 g/mol. The van der Waals surface area contributed by atoms with Gasteiger partial charge in [0.15, 0.2) is 0 Å². The molecule has 0 aliphatic carbocycles. The van der Waals surface area contributed by atoms with Crippen LogP contribution in [0.25, 0.3) is 0 Å². The quantitative estimate of drug-likeness (QED) is 0.696. The number of rotatable bonds is 5. The molecule has 4 heteroatoms. The fourth-order valence-electron chi connectivity index (χ4n) is 3.02. The molecular formula is C22H21NO3. The van der Waals surface area contributed by atoms with Crippen molar-refractivity contribution in [2.75, 3.05) is 14.2 Å². The second-order valence-electron chi connectivity index (χ2n) is 5.96. The number of hydrogen-bond acceptors (Lipinski definition) is 3. The average Bonchev–Trinajstić information content (AvgIpc) is 2.73. The molecule has 0 heterocycles. The molecule has 4 nitrogen and oxygen atoms in total. The summed E-state index contributed by atoms with van der Waals surface area (Å²) in [4.78, 5) is 11.8. The van der Waals surface area contributed by atoms with Crippen LogP contribution < -0.4 is 10.1 Å². The molecule has 1 amide bonds. The lowest BCUT2D eigenvalue weighted by Crippen LogP contribution is -2.29. The average molecular weight is 347 g/mol. The topological polar surface area (TPSA) is 58.6 Å². The molecule has 3 aromatic rings. The van der Waals surface area contributed by atoms with E-state index in [0.717, 1.165) is 16.9 Å². The van der Waals surface area contributed by atoms with Crippen molar-refractivity contribution in [1.82, 2.24) is 5.32 Å². The van der Waals surface area contributed by atoms with E-state index < -0.39 is 5.60 Å². The van der Waals surface area contributed by atoms with Crippen molar-refractivity contribution >= 4 is 5.91 Å². The van der Waals surface area contributed by atoms with Gasteiger partial charge >= 0.3 is 0 Å². The summed E-state index contributed by atoms with van der Waals surface area (Å²) in [6, 6.07) is 23.8. The van der Waals surface area contributed by atoms with Gasteiger partial charge in [0.05, 0.1) is 7.11 Å². The van der Waals surface area contributed by atoms with Crippen LogP contribution in [0, 0.1) is 0 Å². The number of carbonyl (C=O) groups excluding carboxylic acids is 1. The highest BCUT2D eigenvalue weighted by Crippen LogP contribution is 2.37. The highest BCUT2D eigenvalue weighted by atomic mass is 16.5. The maximum absolute atomic E-state index is 11.8. The number of ether oxygens (including phenoxy) is 1. The zero-order chi connectivity index (χ0) is 18.6. The van der Waals surface area contributed by atoms with Gasteiger partial charge in [-0.15, -0.1) is 0 Å². The lowest BCUT2D eigenvalue weighted by Gasteiger charge is -2.30. The number of amides is 1. The Morgan fingerprint density at radius 2 is 1.35 bits per heavy atom. The molecule has 3 rings (SSSR count). The first kappa shape index (κ1) is 17.7. The molecule has 2 N–H and O–H groups in total. The van der Waals surface area contributed by atoms with Crippen molar-refractivity contribution in [3.63, 3.8) is 0 Å². The molecule has 3 aromatic carbocycles. The summed E-state index contributed by atoms with van der Waals surface area (Å²) in [5.41, 5.74) is 1.35. The van der Waals surface area contributed by atoms with E-state index in [1.807, 2.05) is 54.6 Å². The zero-order valence-corrected chi connectivity index (χ0v) is 14.8. The number of hydrogen-bond donors (Lipinski definition) is 2. The second kappa shape index (κ2) is 7.42. The number of carbonyl (C=O) groups is 1. The first-order valence-corrected chi connectivity index (χ1v) is 8.34. The highest BCUT2D eigenvalue weighted by Gasteiger charge is 2.33. The first-order valence-electron chi connectivity index (χ1n) is 8.34. The van der Waals surface area contributed by atoms with E-state index in [9.17, 15) is 9.90 Å². The van der Waals surface area contributed by atoms with Gasteiger partial charge in [-0.05, 0) is 41.0 Å². The van der Waals surface area contributed by atoms with E-state index in [4.69, 9.17) is 4.74 Å². The van der Waals surface area contributed by atoms with Gasteiger partial charge < -0.3 is 15.2 Å². The summed E-state index contributed by atoms with van der Waals surface area (Å²) in [7, 11) is 3.20. The van der Waals surface area contributed by atoms with Gasteiger partial charge in [0.25, 0.3) is 5.91 Å². The summed E-state index contributed by atoms with van der Waals surface area (Å²) in [6.45, 7) is 0. The van der Waals surface area contributed by atoms with Gasteiger partial charge in [0.1, 0.15) is 11.4 Å². The lowest BCUT2D eigenvalue weighted by molar-refractivity contribution is 0.0962. The lowest BCUT2D eigenvalue weighted by atomic mass is 9.80. The van der Waals surface area contributed by atoms with Crippen LogP contribution in [0.1, 0.15) is 27.0 Å². The summed E-state index contributed by atoms with van der Waals surface area (Å²) in [6.07, 6.45) is 0. The molecule has 132 valence electrons. The fourth-order valence-corrected chi connectivity index (χ4v) is 3.02. The minimum atomic E-state index is -1.34. The smallest absolute Gasteiger partial charge is 0.251 e. The van der Waals surface area contributed by atoms with Gasteiger partial charge in [-0.2, -0.15) is 0 Å². The van der Waals surface area contributed by atoms with Crippen LogP contribution in [-0.2, 0) is 5.60 Å². The summed E-state index contributed by atoms with van der Waals surface area (Å²) in [5.74, 6) is 0.559. The molecule has 1 atom stereocenters. The van der Waals surface area contributed by atoms with Crippen LogP contribution in [0.2, 0.25) is 0 Å². The Balaban J connectivity index is 2.13. The molecule has 1 unspecified atom stereocenters. The third-order valence-electron chi connectivity index (χ3n) is 4.49. The van der Waals surface area contributed by atoms with E-state index in [-0.39, 0.29) is 5.91 Å². The van der Waals surface area contributed by atoms with Gasteiger partial charge in [-0.25, -0.2) is 0 Å². The largest absolute Gasteiger partial charge is 0.497 e.